The van der Waals surface area contributed by atoms with Gasteiger partial charge < -0.3 is 5.32 Å². The number of aromatic nitrogens is 3. The number of halogens is 2. The van der Waals surface area contributed by atoms with E-state index in [1.54, 1.807) is 22.9 Å². The molecule has 128 valence electrons. The summed E-state index contributed by atoms with van der Waals surface area (Å²) in [6, 6.07) is 13.0. The van der Waals surface area contributed by atoms with E-state index in [1.165, 1.54) is 0 Å². The van der Waals surface area contributed by atoms with Gasteiger partial charge in [0.15, 0.2) is 5.69 Å². The van der Waals surface area contributed by atoms with Crippen LogP contribution in [0.4, 0.5) is 0 Å². The number of hydrogen-bond acceptors (Lipinski definition) is 3. The molecular formula is C18H16Cl2N4O. The first kappa shape index (κ1) is 17.5. The van der Waals surface area contributed by atoms with Gasteiger partial charge in [0, 0.05) is 16.6 Å². The molecule has 0 radical (unpaired) electrons. The van der Waals surface area contributed by atoms with E-state index in [2.05, 4.69) is 15.6 Å². The van der Waals surface area contributed by atoms with Gasteiger partial charge in [-0.25, -0.2) is 4.68 Å². The molecule has 1 N–H and O–H groups in total. The molecule has 0 saturated heterocycles. The molecule has 0 spiro atoms. The van der Waals surface area contributed by atoms with Gasteiger partial charge in [0.1, 0.15) is 0 Å². The Balaban J connectivity index is 1.77. The minimum atomic E-state index is -0.303. The molecule has 0 fully saturated rings. The highest BCUT2D eigenvalue weighted by Gasteiger charge is 2.17. The highest BCUT2D eigenvalue weighted by Crippen LogP contribution is 2.21. The second kappa shape index (κ2) is 7.25. The topological polar surface area (TPSA) is 59.8 Å². The molecule has 1 aromatic heterocycles. The molecule has 0 aliphatic rings. The number of benzene rings is 2. The first-order chi connectivity index (χ1) is 12.0. The van der Waals surface area contributed by atoms with Gasteiger partial charge in [-0.05, 0) is 49.2 Å². The van der Waals surface area contributed by atoms with Gasteiger partial charge in [-0.15, -0.1) is 5.10 Å². The summed E-state index contributed by atoms with van der Waals surface area (Å²) in [5.74, 6) is -0.303. The highest BCUT2D eigenvalue weighted by molar-refractivity contribution is 6.35. The summed E-state index contributed by atoms with van der Waals surface area (Å²) in [6.07, 6.45) is 0. The molecule has 0 unspecified atom stereocenters. The van der Waals surface area contributed by atoms with E-state index in [0.29, 0.717) is 15.7 Å². The van der Waals surface area contributed by atoms with E-state index in [1.807, 2.05) is 38.1 Å². The van der Waals surface area contributed by atoms with Crippen molar-refractivity contribution in [2.75, 3.05) is 0 Å². The van der Waals surface area contributed by atoms with Crippen molar-refractivity contribution in [3.05, 3.63) is 75.0 Å². The summed E-state index contributed by atoms with van der Waals surface area (Å²) in [7, 11) is 0. The predicted molar refractivity (Wildman–Crippen MR) is 98.5 cm³/mol. The van der Waals surface area contributed by atoms with Crippen LogP contribution < -0.4 is 5.32 Å². The van der Waals surface area contributed by atoms with Crippen molar-refractivity contribution in [2.45, 2.75) is 20.4 Å². The molecular weight excluding hydrogens is 359 g/mol. The molecule has 7 heteroatoms. The van der Waals surface area contributed by atoms with Gasteiger partial charge in [0.05, 0.1) is 11.4 Å². The number of hydrogen-bond donors (Lipinski definition) is 1. The number of amides is 1. The van der Waals surface area contributed by atoms with Crippen LogP contribution in [0, 0.1) is 13.8 Å². The lowest BCUT2D eigenvalue weighted by molar-refractivity contribution is 0.0945. The van der Waals surface area contributed by atoms with Crippen LogP contribution in [-0.2, 0) is 6.54 Å². The van der Waals surface area contributed by atoms with Gasteiger partial charge in [-0.3, -0.25) is 4.79 Å². The molecule has 1 heterocycles. The quantitative estimate of drug-likeness (QED) is 0.746. The number of carbonyl (C=O) groups is 1. The maximum absolute atomic E-state index is 12.4. The molecule has 1 amide bonds. The average Bonchev–Trinajstić information content (AvgIpc) is 2.95. The van der Waals surface area contributed by atoms with Gasteiger partial charge in [0.2, 0.25) is 0 Å². The van der Waals surface area contributed by atoms with Crippen LogP contribution in [0.25, 0.3) is 5.69 Å². The molecule has 3 rings (SSSR count). The molecule has 0 atom stereocenters. The zero-order chi connectivity index (χ0) is 18.0. The van der Waals surface area contributed by atoms with Crippen LogP contribution in [0.3, 0.4) is 0 Å². The Kier molecular flexibility index (Phi) is 5.06. The van der Waals surface area contributed by atoms with E-state index >= 15 is 0 Å². The Morgan fingerprint density at radius 2 is 1.96 bits per heavy atom. The van der Waals surface area contributed by atoms with E-state index in [-0.39, 0.29) is 18.1 Å². The molecule has 2 aromatic carbocycles. The van der Waals surface area contributed by atoms with E-state index in [0.717, 1.165) is 16.8 Å². The second-order valence-electron chi connectivity index (χ2n) is 5.69. The van der Waals surface area contributed by atoms with Crippen molar-refractivity contribution in [1.29, 1.82) is 0 Å². The smallest absolute Gasteiger partial charge is 0.274 e. The number of nitrogens with zero attached hydrogens (tertiary/aromatic N) is 3. The summed E-state index contributed by atoms with van der Waals surface area (Å²) in [4.78, 5) is 12.4. The largest absolute Gasteiger partial charge is 0.346 e. The fourth-order valence-corrected chi connectivity index (χ4v) is 2.94. The lowest BCUT2D eigenvalue weighted by Gasteiger charge is -2.07. The zero-order valence-corrected chi connectivity index (χ0v) is 15.3. The molecule has 0 saturated carbocycles. The zero-order valence-electron chi connectivity index (χ0n) is 13.8. The standard InChI is InChI=1S/C18H16Cl2N4O/c1-11-4-3-5-15(8-11)24-12(2)17(22-23-24)18(25)21-10-13-6-7-14(19)9-16(13)20/h3-9H,10H2,1-2H3,(H,21,25). The third kappa shape index (κ3) is 3.83. The first-order valence-electron chi connectivity index (χ1n) is 7.67. The summed E-state index contributed by atoms with van der Waals surface area (Å²) in [5, 5.41) is 12.0. The minimum Gasteiger partial charge on any atom is -0.346 e. The molecule has 0 bridgehead atoms. The van der Waals surface area contributed by atoms with Gasteiger partial charge in [-0.2, -0.15) is 0 Å². The Morgan fingerprint density at radius 3 is 2.68 bits per heavy atom. The second-order valence-corrected chi connectivity index (χ2v) is 6.54. The van der Waals surface area contributed by atoms with Crippen LogP contribution in [0.15, 0.2) is 42.5 Å². The van der Waals surface area contributed by atoms with Crippen LogP contribution in [0.5, 0.6) is 0 Å². The van der Waals surface area contributed by atoms with Gasteiger partial charge in [-0.1, -0.05) is 46.6 Å². The van der Waals surface area contributed by atoms with Crippen molar-refractivity contribution in [3.8, 4) is 5.69 Å². The Bertz CT molecular complexity index is 937. The molecule has 5 nitrogen and oxygen atoms in total. The maximum Gasteiger partial charge on any atom is 0.274 e. The van der Waals surface area contributed by atoms with Crippen LogP contribution in [0.2, 0.25) is 10.0 Å². The summed E-state index contributed by atoms with van der Waals surface area (Å²) >= 11 is 12.0. The van der Waals surface area contributed by atoms with Crippen LogP contribution >= 0.6 is 23.2 Å². The van der Waals surface area contributed by atoms with Crippen LogP contribution in [0.1, 0.15) is 27.3 Å². The van der Waals surface area contributed by atoms with Gasteiger partial charge in [0.25, 0.3) is 5.91 Å². The normalized spacial score (nSPS) is 10.7. The van der Waals surface area contributed by atoms with Crippen molar-refractivity contribution >= 4 is 29.1 Å². The predicted octanol–water partition coefficient (Wildman–Crippen LogP) is 4.12. The Morgan fingerprint density at radius 1 is 1.16 bits per heavy atom. The monoisotopic (exact) mass is 374 g/mol. The van der Waals surface area contributed by atoms with E-state index < -0.39 is 0 Å². The van der Waals surface area contributed by atoms with Crippen molar-refractivity contribution in [1.82, 2.24) is 20.3 Å². The summed E-state index contributed by atoms with van der Waals surface area (Å²) in [6.45, 7) is 4.09. The molecule has 3 aromatic rings. The van der Waals surface area contributed by atoms with E-state index in [4.69, 9.17) is 23.2 Å². The van der Waals surface area contributed by atoms with Crippen molar-refractivity contribution in [3.63, 3.8) is 0 Å². The molecule has 0 aliphatic carbocycles. The third-order valence-corrected chi connectivity index (χ3v) is 4.40. The van der Waals surface area contributed by atoms with Crippen LogP contribution in [-0.4, -0.2) is 20.9 Å². The first-order valence-corrected chi connectivity index (χ1v) is 8.43. The van der Waals surface area contributed by atoms with Crippen molar-refractivity contribution in [2.24, 2.45) is 0 Å². The number of carbonyl (C=O) groups excluding carboxylic acids is 1. The average molecular weight is 375 g/mol. The fourth-order valence-electron chi connectivity index (χ4n) is 2.47. The lowest BCUT2D eigenvalue weighted by atomic mass is 10.2. The maximum atomic E-state index is 12.4. The minimum absolute atomic E-state index is 0.283. The SMILES string of the molecule is Cc1cccc(-n2nnc(C(=O)NCc3ccc(Cl)cc3Cl)c2C)c1. The number of rotatable bonds is 4. The Hall–Kier alpha value is -2.37. The lowest BCUT2D eigenvalue weighted by Crippen LogP contribution is -2.24. The Labute approximate surface area is 155 Å². The molecule has 0 aliphatic heterocycles. The number of nitrogens with one attached hydrogen (secondary N) is 1. The third-order valence-electron chi connectivity index (χ3n) is 3.81. The number of aryl methyl sites for hydroxylation is 1. The van der Waals surface area contributed by atoms with E-state index in [9.17, 15) is 4.79 Å². The summed E-state index contributed by atoms with van der Waals surface area (Å²) < 4.78 is 1.65. The van der Waals surface area contributed by atoms with Crippen molar-refractivity contribution < 1.29 is 4.79 Å². The van der Waals surface area contributed by atoms with Gasteiger partial charge >= 0.3 is 0 Å². The molecule has 25 heavy (non-hydrogen) atoms. The highest BCUT2D eigenvalue weighted by atomic mass is 35.5. The fraction of sp³-hybridized carbons (Fsp3) is 0.167. The summed E-state index contributed by atoms with van der Waals surface area (Å²) in [5.41, 5.74) is 3.71.